The van der Waals surface area contributed by atoms with E-state index in [9.17, 15) is 19.2 Å². The van der Waals surface area contributed by atoms with E-state index in [1.165, 1.54) is 0 Å². The first-order valence-corrected chi connectivity index (χ1v) is 12.0. The molecule has 1 aromatic carbocycles. The number of ether oxygens (including phenoxy) is 1. The Morgan fingerprint density at radius 1 is 1.11 bits per heavy atom. The topological polar surface area (TPSA) is 143 Å². The highest BCUT2D eigenvalue weighted by Gasteiger charge is 2.31. The number of esters is 1. The van der Waals surface area contributed by atoms with Crippen molar-refractivity contribution in [1.82, 2.24) is 15.2 Å². The minimum atomic E-state index is -1.41. The second-order valence-corrected chi connectivity index (χ2v) is 10.3. The van der Waals surface area contributed by atoms with Gasteiger partial charge < -0.3 is 25.5 Å². The van der Waals surface area contributed by atoms with Gasteiger partial charge in [-0.05, 0) is 38.8 Å². The number of nitrogens with zero attached hydrogens (tertiary/aromatic N) is 3. The van der Waals surface area contributed by atoms with Crippen LogP contribution in [0.4, 0.5) is 0 Å². The summed E-state index contributed by atoms with van der Waals surface area (Å²) >= 11 is 11.4. The van der Waals surface area contributed by atoms with Crippen LogP contribution in [0.1, 0.15) is 39.2 Å². The lowest BCUT2D eigenvalue weighted by Crippen LogP contribution is -2.54. The zero-order valence-electron chi connectivity index (χ0n) is 20.5. The van der Waals surface area contributed by atoms with E-state index in [2.05, 4.69) is 15.4 Å². The Balaban J connectivity index is 2.32. The summed E-state index contributed by atoms with van der Waals surface area (Å²) in [5.74, 6) is -2.77. The summed E-state index contributed by atoms with van der Waals surface area (Å²) in [5, 5.41) is 5.98. The van der Waals surface area contributed by atoms with Crippen molar-refractivity contribution in [3.63, 3.8) is 0 Å². The number of alkyl halides is 2. The number of fused-ring (bicyclic) bond motifs is 1. The number of Topliss-reactive ketones (excluding diaryl/α,β-unsaturated/α-hetero) is 1. The lowest BCUT2D eigenvalue weighted by atomic mass is 10.0. The van der Waals surface area contributed by atoms with Crippen LogP contribution in [0.3, 0.4) is 0 Å². The first-order valence-electron chi connectivity index (χ1n) is 11.2. The van der Waals surface area contributed by atoms with E-state index in [1.807, 2.05) is 42.1 Å². The molecular weight excluding hydrogens is 509 g/mol. The molecule has 0 spiro atoms. The number of halogens is 2. The lowest BCUT2D eigenvalue weighted by molar-refractivity contribution is -0.159. The highest BCUT2D eigenvalue weighted by molar-refractivity contribution is 6.53. The fraction of sp³-hybridized carbons (Fsp3) is 0.458. The van der Waals surface area contributed by atoms with Crippen LogP contribution in [0.5, 0.6) is 0 Å². The molecule has 0 aliphatic heterocycles. The van der Waals surface area contributed by atoms with Crippen molar-refractivity contribution in [2.24, 2.45) is 7.05 Å². The number of ketones is 1. The van der Waals surface area contributed by atoms with Gasteiger partial charge in [0.2, 0.25) is 11.7 Å². The van der Waals surface area contributed by atoms with Crippen LogP contribution < -0.4 is 10.6 Å². The van der Waals surface area contributed by atoms with Gasteiger partial charge in [0.1, 0.15) is 17.7 Å². The van der Waals surface area contributed by atoms with Crippen molar-refractivity contribution < 1.29 is 28.7 Å². The summed E-state index contributed by atoms with van der Waals surface area (Å²) in [6.07, 6.45) is 2.32. The highest BCUT2D eigenvalue weighted by Crippen LogP contribution is 2.22. The van der Waals surface area contributed by atoms with E-state index in [-0.39, 0.29) is 19.3 Å². The molecule has 12 heteroatoms. The average Bonchev–Trinajstić information content (AvgIpc) is 3.10. The molecule has 2 rings (SSSR count). The van der Waals surface area contributed by atoms with Gasteiger partial charge in [-0.2, -0.15) is 4.79 Å². The van der Waals surface area contributed by atoms with Crippen molar-refractivity contribution >= 4 is 63.9 Å². The molecule has 2 amide bonds. The normalized spacial score (nSPS) is 13.0. The van der Waals surface area contributed by atoms with Gasteiger partial charge >= 0.3 is 12.2 Å². The van der Waals surface area contributed by atoms with Gasteiger partial charge in [-0.25, -0.2) is 4.79 Å². The van der Waals surface area contributed by atoms with Gasteiger partial charge in [0.05, 0.1) is 0 Å². The monoisotopic (exact) mass is 537 g/mol. The number of hydrogen-bond acceptors (Lipinski definition) is 5. The second-order valence-electron chi connectivity index (χ2n) is 9.19. The van der Waals surface area contributed by atoms with Crippen molar-refractivity contribution in [1.29, 1.82) is 0 Å². The minimum absolute atomic E-state index is 0.0799. The standard InChI is InChI=1S/C24H29Cl2N5O5/c1-24(2,3)36-23(35)17(10-9-15(32)12-28-27)29-21(33)18(30-22(34)20(25)26)11-14-13-31(4)19-8-6-5-7-16(14)19/h5-8,12-13,17-18,20H,9-11H2,1-4H3,(H,29,33)(H,30,34)/t17-,18-/m0/s1. The molecule has 1 heterocycles. The smallest absolute Gasteiger partial charge is 0.329 e. The fourth-order valence-corrected chi connectivity index (χ4v) is 3.69. The molecule has 0 saturated carbocycles. The molecule has 36 heavy (non-hydrogen) atoms. The number of aryl methyl sites for hydroxylation is 1. The number of carbonyl (C=O) groups is 4. The lowest BCUT2D eigenvalue weighted by Gasteiger charge is -2.26. The van der Waals surface area contributed by atoms with Crippen LogP contribution in [0.2, 0.25) is 0 Å². The Morgan fingerprint density at radius 2 is 1.75 bits per heavy atom. The van der Waals surface area contributed by atoms with Crippen molar-refractivity contribution in [2.75, 3.05) is 0 Å². The number of aromatic nitrogens is 1. The molecular formula is C24H29Cl2N5O5. The Bertz CT molecular complexity index is 1180. The third-order valence-corrected chi connectivity index (χ3v) is 5.52. The summed E-state index contributed by atoms with van der Waals surface area (Å²) in [5.41, 5.74) is 9.41. The van der Waals surface area contributed by atoms with Crippen molar-refractivity contribution in [2.45, 2.75) is 62.6 Å². The number of hydrogen-bond donors (Lipinski definition) is 2. The molecule has 0 aliphatic carbocycles. The van der Waals surface area contributed by atoms with E-state index < -0.39 is 46.1 Å². The summed E-state index contributed by atoms with van der Waals surface area (Å²) in [6, 6.07) is 5.22. The molecule has 10 nitrogen and oxygen atoms in total. The number of para-hydroxylation sites is 1. The quantitative estimate of drug-likeness (QED) is 0.149. The maximum Gasteiger partial charge on any atom is 0.329 e. The van der Waals surface area contributed by atoms with Crippen LogP contribution in [-0.2, 0) is 37.4 Å². The van der Waals surface area contributed by atoms with Gasteiger partial charge in [0.25, 0.3) is 5.91 Å². The molecule has 0 unspecified atom stereocenters. The Kier molecular flexibility index (Phi) is 10.2. The molecule has 0 aliphatic rings. The first-order chi connectivity index (χ1) is 16.8. The van der Waals surface area contributed by atoms with E-state index in [0.29, 0.717) is 6.21 Å². The van der Waals surface area contributed by atoms with Gasteiger partial charge in [0.15, 0.2) is 4.84 Å². The third kappa shape index (κ3) is 8.48. The zero-order valence-corrected chi connectivity index (χ0v) is 22.0. The molecule has 194 valence electrons. The van der Waals surface area contributed by atoms with Gasteiger partial charge in [0, 0.05) is 37.0 Å². The molecule has 2 aromatic rings. The predicted molar refractivity (Wildman–Crippen MR) is 136 cm³/mol. The SMILES string of the molecule is Cn1cc(C[C@H](NC(=O)C(Cl)Cl)C(=O)N[C@@H](CCC(=O)C=[N+]=[N-])C(=O)OC(C)(C)C)c2ccccc21. The number of amides is 2. The summed E-state index contributed by atoms with van der Waals surface area (Å²) in [7, 11) is 1.86. The number of rotatable bonds is 11. The van der Waals surface area contributed by atoms with Gasteiger partial charge in [-0.3, -0.25) is 14.4 Å². The molecule has 1 aromatic heterocycles. The molecule has 2 atom stereocenters. The minimum Gasteiger partial charge on any atom is -0.458 e. The predicted octanol–water partition coefficient (Wildman–Crippen LogP) is 2.49. The molecule has 0 saturated heterocycles. The van der Waals surface area contributed by atoms with Crippen LogP contribution in [0.25, 0.3) is 16.4 Å². The van der Waals surface area contributed by atoms with E-state index in [4.69, 9.17) is 33.5 Å². The van der Waals surface area contributed by atoms with Crippen molar-refractivity contribution in [3.05, 3.63) is 41.6 Å². The number of carbonyl (C=O) groups excluding carboxylic acids is 4. The summed E-state index contributed by atoms with van der Waals surface area (Å²) < 4.78 is 7.28. The zero-order chi connectivity index (χ0) is 27.0. The van der Waals surface area contributed by atoms with Crippen LogP contribution in [-0.4, -0.2) is 61.7 Å². The maximum absolute atomic E-state index is 13.3. The second kappa shape index (κ2) is 12.7. The van der Waals surface area contributed by atoms with Gasteiger partial charge in [-0.15, -0.1) is 0 Å². The average molecular weight is 538 g/mol. The van der Waals surface area contributed by atoms with Crippen molar-refractivity contribution in [3.8, 4) is 0 Å². The fourth-order valence-electron chi connectivity index (χ4n) is 3.56. The maximum atomic E-state index is 13.3. The molecule has 0 fully saturated rings. The molecule has 0 radical (unpaired) electrons. The molecule has 0 bridgehead atoms. The Labute approximate surface area is 218 Å². The third-order valence-electron chi connectivity index (χ3n) is 5.12. The van der Waals surface area contributed by atoms with Crippen LogP contribution >= 0.6 is 23.2 Å². The first kappa shape index (κ1) is 29.0. The Hall–Kier alpha value is -3.20. The summed E-state index contributed by atoms with van der Waals surface area (Å²) in [6.45, 7) is 4.99. The largest absolute Gasteiger partial charge is 0.458 e. The van der Waals surface area contributed by atoms with Crippen LogP contribution in [0, 0.1) is 0 Å². The highest BCUT2D eigenvalue weighted by atomic mass is 35.5. The Morgan fingerprint density at radius 3 is 2.36 bits per heavy atom. The van der Waals surface area contributed by atoms with Crippen LogP contribution in [0.15, 0.2) is 30.5 Å². The van der Waals surface area contributed by atoms with E-state index >= 15 is 0 Å². The van der Waals surface area contributed by atoms with E-state index in [0.717, 1.165) is 16.5 Å². The summed E-state index contributed by atoms with van der Waals surface area (Å²) in [4.78, 5) is 51.5. The number of benzene rings is 1. The van der Waals surface area contributed by atoms with Gasteiger partial charge in [-0.1, -0.05) is 41.4 Å². The van der Waals surface area contributed by atoms with E-state index in [1.54, 1.807) is 20.8 Å². The number of nitrogens with one attached hydrogen (secondary N) is 2. The molecule has 2 N–H and O–H groups in total.